The van der Waals surface area contributed by atoms with E-state index in [0.29, 0.717) is 17.8 Å². The molecule has 3 rings (SSSR count). The molecule has 2 heterocycles. The van der Waals surface area contributed by atoms with Crippen LogP contribution in [-0.4, -0.2) is 53.4 Å². The maximum absolute atomic E-state index is 12.8. The van der Waals surface area contributed by atoms with E-state index >= 15 is 0 Å². The Morgan fingerprint density at radius 3 is 2.82 bits per heavy atom. The number of aromatic amines is 1. The Hall–Kier alpha value is -3.24. The van der Waals surface area contributed by atoms with Crippen LogP contribution >= 0.6 is 0 Å². The molecule has 2 aromatic rings. The number of aromatic nitrogens is 2. The van der Waals surface area contributed by atoms with Gasteiger partial charge in [0.05, 0.1) is 19.1 Å². The van der Waals surface area contributed by atoms with Gasteiger partial charge in [0.2, 0.25) is 0 Å². The number of ether oxygens (including phenoxy) is 2. The Balaban J connectivity index is 1.97. The average Bonchev–Trinajstić information content (AvgIpc) is 3.13. The van der Waals surface area contributed by atoms with Crippen molar-refractivity contribution in [2.24, 2.45) is 0 Å². The zero-order valence-electron chi connectivity index (χ0n) is 14.7. The quantitative estimate of drug-likeness (QED) is 0.770. The van der Waals surface area contributed by atoms with Crippen LogP contribution in [0.5, 0.6) is 5.75 Å². The molecule has 1 aliphatic heterocycles. The zero-order chi connectivity index (χ0) is 20.3. The van der Waals surface area contributed by atoms with Crippen LogP contribution in [0.3, 0.4) is 0 Å². The molecular formula is C17H17F3N4O4. The van der Waals surface area contributed by atoms with Gasteiger partial charge in [-0.3, -0.25) is 4.79 Å². The standard InChI is InChI=1S/C17H17F3N4O4/c1-27-13(25)8-21-16(26)24-7-6-11-14(23-9-22-11)15(24)10-4-2-3-5-12(10)28-17(18,19)20/h2-5,9,15H,6-8H2,1H3,(H,21,26)(H,22,23). The number of para-hydroxylation sites is 1. The third-order valence-corrected chi connectivity index (χ3v) is 4.24. The van der Waals surface area contributed by atoms with Crippen LogP contribution in [0.1, 0.15) is 23.0 Å². The second kappa shape index (κ2) is 7.79. The van der Waals surface area contributed by atoms with E-state index in [0.717, 1.165) is 0 Å². The number of rotatable bonds is 4. The SMILES string of the molecule is COC(=O)CNC(=O)N1CCc2[nH]cnc2C1c1ccccc1OC(F)(F)F. The van der Waals surface area contributed by atoms with Crippen molar-refractivity contribution >= 4 is 12.0 Å². The molecule has 150 valence electrons. The van der Waals surface area contributed by atoms with Crippen LogP contribution in [-0.2, 0) is 16.0 Å². The van der Waals surface area contributed by atoms with Gasteiger partial charge < -0.3 is 24.7 Å². The van der Waals surface area contributed by atoms with Crippen LogP contribution in [0.2, 0.25) is 0 Å². The normalized spacial score (nSPS) is 16.3. The number of carbonyl (C=O) groups excluding carboxylic acids is 2. The number of hydrogen-bond donors (Lipinski definition) is 2. The number of esters is 1. The highest BCUT2D eigenvalue weighted by atomic mass is 19.4. The Morgan fingerprint density at radius 2 is 2.11 bits per heavy atom. The van der Waals surface area contributed by atoms with Crippen molar-refractivity contribution in [3.8, 4) is 5.75 Å². The molecule has 0 aliphatic carbocycles. The molecule has 1 aromatic carbocycles. The molecule has 28 heavy (non-hydrogen) atoms. The number of carbonyl (C=O) groups is 2. The topological polar surface area (TPSA) is 96.6 Å². The minimum absolute atomic E-state index is 0.126. The number of amides is 2. The van der Waals surface area contributed by atoms with Gasteiger partial charge in [-0.15, -0.1) is 13.2 Å². The largest absolute Gasteiger partial charge is 0.573 e. The lowest BCUT2D eigenvalue weighted by Gasteiger charge is -2.35. The van der Waals surface area contributed by atoms with Crippen molar-refractivity contribution < 1.29 is 32.2 Å². The predicted molar refractivity (Wildman–Crippen MR) is 89.4 cm³/mol. The fourth-order valence-corrected chi connectivity index (χ4v) is 3.06. The predicted octanol–water partition coefficient (Wildman–Crippen LogP) is 2.14. The summed E-state index contributed by atoms with van der Waals surface area (Å²) in [5.74, 6) is -1.08. The molecule has 11 heteroatoms. The van der Waals surface area contributed by atoms with Crippen LogP contribution in [0.15, 0.2) is 30.6 Å². The zero-order valence-corrected chi connectivity index (χ0v) is 14.7. The van der Waals surface area contributed by atoms with E-state index in [9.17, 15) is 22.8 Å². The van der Waals surface area contributed by atoms with Gasteiger partial charge >= 0.3 is 18.4 Å². The molecule has 0 saturated carbocycles. The molecule has 1 aliphatic rings. The van der Waals surface area contributed by atoms with Gasteiger partial charge in [-0.2, -0.15) is 0 Å². The summed E-state index contributed by atoms with van der Waals surface area (Å²) in [6.07, 6.45) is -3.04. The summed E-state index contributed by atoms with van der Waals surface area (Å²) in [5.41, 5.74) is 1.25. The summed E-state index contributed by atoms with van der Waals surface area (Å²) in [4.78, 5) is 32.4. The highest BCUT2D eigenvalue weighted by Crippen LogP contribution is 2.39. The molecule has 0 bridgehead atoms. The Labute approximate surface area is 157 Å². The highest BCUT2D eigenvalue weighted by molar-refractivity contribution is 5.81. The summed E-state index contributed by atoms with van der Waals surface area (Å²) in [5, 5.41) is 2.40. The molecule has 0 saturated heterocycles. The Bertz CT molecular complexity index is 868. The summed E-state index contributed by atoms with van der Waals surface area (Å²) >= 11 is 0. The van der Waals surface area contributed by atoms with Gasteiger partial charge in [0.15, 0.2) is 0 Å². The van der Waals surface area contributed by atoms with E-state index < -0.39 is 30.2 Å². The third-order valence-electron chi connectivity index (χ3n) is 4.24. The highest BCUT2D eigenvalue weighted by Gasteiger charge is 2.38. The molecule has 0 radical (unpaired) electrons. The first-order valence-corrected chi connectivity index (χ1v) is 8.28. The van der Waals surface area contributed by atoms with Crippen molar-refractivity contribution in [1.29, 1.82) is 0 Å². The molecule has 8 nitrogen and oxygen atoms in total. The monoisotopic (exact) mass is 398 g/mol. The van der Waals surface area contributed by atoms with E-state index in [1.807, 2.05) is 0 Å². The number of urea groups is 1. The number of benzene rings is 1. The second-order valence-corrected chi connectivity index (χ2v) is 5.93. The second-order valence-electron chi connectivity index (χ2n) is 5.93. The number of alkyl halides is 3. The first kappa shape index (κ1) is 19.5. The summed E-state index contributed by atoms with van der Waals surface area (Å²) in [6, 6.07) is 4.01. The molecule has 0 fully saturated rings. The minimum Gasteiger partial charge on any atom is -0.468 e. The summed E-state index contributed by atoms with van der Waals surface area (Å²) < 4.78 is 47.2. The van der Waals surface area contributed by atoms with E-state index in [1.165, 1.54) is 36.5 Å². The first-order valence-electron chi connectivity index (χ1n) is 8.28. The van der Waals surface area contributed by atoms with E-state index in [4.69, 9.17) is 0 Å². The minimum atomic E-state index is -4.89. The van der Waals surface area contributed by atoms with E-state index in [1.54, 1.807) is 6.07 Å². The molecule has 2 N–H and O–H groups in total. The van der Waals surface area contributed by atoms with E-state index in [2.05, 4.69) is 24.8 Å². The van der Waals surface area contributed by atoms with Crippen LogP contribution in [0.4, 0.5) is 18.0 Å². The van der Waals surface area contributed by atoms with Crippen molar-refractivity contribution in [3.63, 3.8) is 0 Å². The molecular weight excluding hydrogens is 381 g/mol. The maximum atomic E-state index is 12.8. The lowest BCUT2D eigenvalue weighted by Crippen LogP contribution is -2.47. The lowest BCUT2D eigenvalue weighted by molar-refractivity contribution is -0.275. The number of hydrogen-bond acceptors (Lipinski definition) is 5. The molecule has 2 amide bonds. The summed E-state index contributed by atoms with van der Waals surface area (Å²) in [7, 11) is 1.18. The summed E-state index contributed by atoms with van der Waals surface area (Å²) in [6.45, 7) is -0.167. The smallest absolute Gasteiger partial charge is 0.468 e. The fraction of sp³-hybridized carbons (Fsp3) is 0.353. The number of methoxy groups -OCH3 is 1. The number of fused-ring (bicyclic) bond motifs is 1. The van der Waals surface area contributed by atoms with Gasteiger partial charge in [-0.1, -0.05) is 18.2 Å². The molecule has 1 aromatic heterocycles. The third kappa shape index (κ3) is 4.18. The lowest BCUT2D eigenvalue weighted by atomic mass is 9.95. The Kier molecular flexibility index (Phi) is 5.43. The number of nitrogens with zero attached hydrogens (tertiary/aromatic N) is 2. The fourth-order valence-electron chi connectivity index (χ4n) is 3.06. The van der Waals surface area contributed by atoms with Crippen molar-refractivity contribution in [2.45, 2.75) is 18.8 Å². The van der Waals surface area contributed by atoms with Gasteiger partial charge in [0, 0.05) is 24.2 Å². The number of imidazole rings is 1. The molecule has 1 unspecified atom stereocenters. The Morgan fingerprint density at radius 1 is 1.36 bits per heavy atom. The first-order chi connectivity index (χ1) is 13.3. The van der Waals surface area contributed by atoms with Gasteiger partial charge in [0.1, 0.15) is 18.3 Å². The van der Waals surface area contributed by atoms with Crippen LogP contribution < -0.4 is 10.1 Å². The molecule has 0 spiro atoms. The number of H-pyrrole nitrogens is 1. The number of nitrogens with one attached hydrogen (secondary N) is 2. The molecule has 1 atom stereocenters. The van der Waals surface area contributed by atoms with Crippen LogP contribution in [0.25, 0.3) is 0 Å². The van der Waals surface area contributed by atoms with Crippen molar-refractivity contribution in [2.75, 3.05) is 20.2 Å². The van der Waals surface area contributed by atoms with E-state index in [-0.39, 0.29) is 18.7 Å². The van der Waals surface area contributed by atoms with Crippen molar-refractivity contribution in [1.82, 2.24) is 20.2 Å². The number of halogens is 3. The van der Waals surface area contributed by atoms with Gasteiger partial charge in [-0.05, 0) is 6.07 Å². The maximum Gasteiger partial charge on any atom is 0.573 e. The van der Waals surface area contributed by atoms with Crippen molar-refractivity contribution in [3.05, 3.63) is 47.5 Å². The van der Waals surface area contributed by atoms with Crippen LogP contribution in [0, 0.1) is 0 Å². The van der Waals surface area contributed by atoms with Gasteiger partial charge in [0.25, 0.3) is 0 Å². The van der Waals surface area contributed by atoms with Gasteiger partial charge in [-0.25, -0.2) is 9.78 Å². The average molecular weight is 398 g/mol.